The summed E-state index contributed by atoms with van der Waals surface area (Å²) in [5.74, 6) is 0. The Morgan fingerprint density at radius 1 is 1.05 bits per heavy atom. The van der Waals surface area contributed by atoms with Crippen molar-refractivity contribution in [3.63, 3.8) is 0 Å². The Kier molecular flexibility index (Phi) is 10.3. The van der Waals surface area contributed by atoms with Crippen LogP contribution in [0.3, 0.4) is 0 Å². The van der Waals surface area contributed by atoms with Crippen LogP contribution in [0.15, 0.2) is 0 Å². The minimum Gasteiger partial charge on any atom is -0.429 e. The van der Waals surface area contributed by atoms with Gasteiger partial charge in [0, 0.05) is 13.1 Å². The van der Waals surface area contributed by atoms with Crippen molar-refractivity contribution in [3.05, 3.63) is 0 Å². The zero-order valence-electron chi connectivity index (χ0n) is 13.4. The lowest BCUT2D eigenvalue weighted by molar-refractivity contribution is -0.206. The van der Waals surface area contributed by atoms with E-state index in [9.17, 15) is 4.79 Å². The van der Waals surface area contributed by atoms with Crippen molar-refractivity contribution >= 4 is 6.16 Å². The van der Waals surface area contributed by atoms with Crippen LogP contribution in [0.5, 0.6) is 0 Å². The summed E-state index contributed by atoms with van der Waals surface area (Å²) in [6, 6.07) is 0. The number of carbonyl (C=O) groups is 1. The normalized spacial score (nSPS) is 16.9. The molecule has 1 saturated heterocycles. The molecule has 0 bridgehead atoms. The van der Waals surface area contributed by atoms with Gasteiger partial charge in [-0.15, -0.1) is 0 Å². The van der Waals surface area contributed by atoms with Crippen LogP contribution in [-0.2, 0) is 9.62 Å². The van der Waals surface area contributed by atoms with E-state index >= 15 is 0 Å². The Morgan fingerprint density at radius 2 is 1.62 bits per heavy atom. The molecule has 21 heavy (non-hydrogen) atoms. The van der Waals surface area contributed by atoms with E-state index in [1.54, 1.807) is 0 Å². The molecule has 124 valence electrons. The predicted octanol–water partition coefficient (Wildman–Crippen LogP) is 4.22. The lowest BCUT2D eigenvalue weighted by Crippen LogP contribution is -2.38. The van der Waals surface area contributed by atoms with Crippen molar-refractivity contribution in [2.75, 3.05) is 19.6 Å². The molecule has 0 saturated carbocycles. The van der Waals surface area contributed by atoms with Crippen molar-refractivity contribution in [2.24, 2.45) is 0 Å². The van der Waals surface area contributed by atoms with Gasteiger partial charge in [0.25, 0.3) is 0 Å². The van der Waals surface area contributed by atoms with Gasteiger partial charge in [0.1, 0.15) is 6.10 Å². The van der Waals surface area contributed by atoms with Gasteiger partial charge >= 0.3 is 6.16 Å². The Labute approximate surface area is 128 Å². The van der Waals surface area contributed by atoms with E-state index in [-0.39, 0.29) is 6.10 Å². The molecule has 0 radical (unpaired) electrons. The van der Waals surface area contributed by atoms with Crippen molar-refractivity contribution in [2.45, 2.75) is 77.2 Å². The maximum absolute atomic E-state index is 10.8. The minimum atomic E-state index is -0.989. The highest BCUT2D eigenvalue weighted by Gasteiger charge is 2.22. The van der Waals surface area contributed by atoms with Crippen molar-refractivity contribution in [3.8, 4) is 0 Å². The molecular weight excluding hydrogens is 270 g/mol. The molecule has 5 nitrogen and oxygen atoms in total. The number of hydrogen-bond acceptors (Lipinski definition) is 5. The van der Waals surface area contributed by atoms with Gasteiger partial charge in [-0.2, -0.15) is 5.26 Å². The molecule has 1 fully saturated rings. The molecule has 1 N–H and O–H groups in total. The standard InChI is InChI=1S/C16H31NO4/c1-2-3-4-5-6-7-8-9-12-17-13-10-15(11-14-17)20-16(18)21-19/h15,19H,2-14H2,1H3. The number of piperidine rings is 1. The van der Waals surface area contributed by atoms with Gasteiger partial charge in [-0.1, -0.05) is 51.9 Å². The molecule has 0 aromatic heterocycles. The zero-order chi connectivity index (χ0) is 15.3. The quantitative estimate of drug-likeness (QED) is 0.283. The van der Waals surface area contributed by atoms with Crippen LogP contribution >= 0.6 is 0 Å². The Balaban J connectivity index is 1.92. The van der Waals surface area contributed by atoms with Crippen LogP contribution in [-0.4, -0.2) is 42.1 Å². The van der Waals surface area contributed by atoms with Crippen LogP contribution in [0.1, 0.15) is 71.1 Å². The molecule has 0 unspecified atom stereocenters. The topological polar surface area (TPSA) is 59.0 Å². The van der Waals surface area contributed by atoms with E-state index < -0.39 is 6.16 Å². The summed E-state index contributed by atoms with van der Waals surface area (Å²) in [4.78, 5) is 16.8. The number of carbonyl (C=O) groups excluding carboxylic acids is 1. The predicted molar refractivity (Wildman–Crippen MR) is 82.3 cm³/mol. The molecular formula is C16H31NO4. The fourth-order valence-electron chi connectivity index (χ4n) is 2.88. The van der Waals surface area contributed by atoms with E-state index in [2.05, 4.69) is 16.7 Å². The van der Waals surface area contributed by atoms with Crippen LogP contribution in [0.2, 0.25) is 0 Å². The minimum absolute atomic E-state index is 0.112. The van der Waals surface area contributed by atoms with Gasteiger partial charge in [0.05, 0.1) is 0 Å². The summed E-state index contributed by atoms with van der Waals surface area (Å²) in [6.45, 7) is 5.31. The van der Waals surface area contributed by atoms with Crippen molar-refractivity contribution in [1.29, 1.82) is 0 Å². The van der Waals surface area contributed by atoms with Gasteiger partial charge < -0.3 is 9.64 Å². The van der Waals surface area contributed by atoms with Crippen LogP contribution in [0.25, 0.3) is 0 Å². The summed E-state index contributed by atoms with van der Waals surface area (Å²) in [5, 5.41) is 8.17. The average molecular weight is 301 g/mol. The molecule has 0 atom stereocenters. The summed E-state index contributed by atoms with van der Waals surface area (Å²) in [6.07, 6.45) is 11.3. The number of nitrogens with zero attached hydrogens (tertiary/aromatic N) is 1. The second kappa shape index (κ2) is 11.8. The van der Waals surface area contributed by atoms with Gasteiger partial charge in [-0.25, -0.2) is 4.79 Å². The van der Waals surface area contributed by atoms with E-state index in [1.807, 2.05) is 0 Å². The van der Waals surface area contributed by atoms with Crippen molar-refractivity contribution < 1.29 is 19.7 Å². The third-order valence-electron chi connectivity index (χ3n) is 4.20. The highest BCUT2D eigenvalue weighted by atomic mass is 17.1. The van der Waals surface area contributed by atoms with E-state index in [1.165, 1.54) is 51.4 Å². The lowest BCUT2D eigenvalue weighted by Gasteiger charge is -2.31. The molecule has 1 heterocycles. The van der Waals surface area contributed by atoms with Gasteiger partial charge in [0.2, 0.25) is 0 Å². The summed E-state index contributed by atoms with van der Waals surface area (Å²) >= 11 is 0. The molecule has 5 heteroatoms. The first-order chi connectivity index (χ1) is 10.3. The van der Waals surface area contributed by atoms with Crippen molar-refractivity contribution in [1.82, 2.24) is 4.90 Å². The van der Waals surface area contributed by atoms with E-state index in [0.717, 1.165) is 32.5 Å². The molecule has 0 aromatic rings. The lowest BCUT2D eigenvalue weighted by atomic mass is 10.1. The van der Waals surface area contributed by atoms with Crippen LogP contribution < -0.4 is 0 Å². The smallest absolute Gasteiger partial charge is 0.429 e. The Bertz CT molecular complexity index is 265. The first-order valence-corrected chi connectivity index (χ1v) is 8.50. The van der Waals surface area contributed by atoms with Gasteiger partial charge in [0.15, 0.2) is 0 Å². The largest absolute Gasteiger partial charge is 0.540 e. The Hall–Kier alpha value is -0.810. The van der Waals surface area contributed by atoms with E-state index in [4.69, 9.17) is 9.99 Å². The third-order valence-corrected chi connectivity index (χ3v) is 4.20. The molecule has 0 aliphatic carbocycles. The summed E-state index contributed by atoms with van der Waals surface area (Å²) in [7, 11) is 0. The molecule has 1 rings (SSSR count). The summed E-state index contributed by atoms with van der Waals surface area (Å²) in [5.41, 5.74) is 0. The van der Waals surface area contributed by atoms with Crippen LogP contribution in [0.4, 0.5) is 4.79 Å². The Morgan fingerprint density at radius 3 is 2.19 bits per heavy atom. The number of unbranched alkanes of at least 4 members (excludes halogenated alkanes) is 7. The van der Waals surface area contributed by atoms with E-state index in [0.29, 0.717) is 0 Å². The highest BCUT2D eigenvalue weighted by molar-refractivity contribution is 5.59. The molecule has 1 aliphatic rings. The highest BCUT2D eigenvalue weighted by Crippen LogP contribution is 2.15. The monoisotopic (exact) mass is 301 g/mol. The zero-order valence-corrected chi connectivity index (χ0v) is 13.4. The van der Waals surface area contributed by atoms with Gasteiger partial charge in [-0.3, -0.25) is 4.89 Å². The second-order valence-corrected chi connectivity index (χ2v) is 5.98. The average Bonchev–Trinajstić information content (AvgIpc) is 2.51. The maximum Gasteiger partial charge on any atom is 0.540 e. The number of rotatable bonds is 10. The first kappa shape index (κ1) is 18.2. The molecule has 0 spiro atoms. The molecule has 0 amide bonds. The third kappa shape index (κ3) is 8.94. The summed E-state index contributed by atoms with van der Waals surface area (Å²) < 4.78 is 4.94. The number of likely N-dealkylation sites (tertiary alicyclic amines) is 1. The fraction of sp³-hybridized carbons (Fsp3) is 0.938. The fourth-order valence-corrected chi connectivity index (χ4v) is 2.88. The number of ether oxygens (including phenoxy) is 1. The molecule has 1 aliphatic heterocycles. The van der Waals surface area contributed by atoms with Gasteiger partial charge in [-0.05, 0) is 25.8 Å². The molecule has 0 aromatic carbocycles. The second-order valence-electron chi connectivity index (χ2n) is 5.98. The maximum atomic E-state index is 10.8. The number of hydrogen-bond donors (Lipinski definition) is 1. The SMILES string of the molecule is CCCCCCCCCCN1CCC(OC(=O)OO)CC1. The first-order valence-electron chi connectivity index (χ1n) is 8.50. The van der Waals surface area contributed by atoms with Crippen LogP contribution in [0, 0.1) is 0 Å².